The Morgan fingerprint density at radius 3 is 2.95 bits per heavy atom. The Morgan fingerprint density at radius 1 is 1.50 bits per heavy atom. The molecule has 0 bridgehead atoms. The van der Waals surface area contributed by atoms with Gasteiger partial charge in [0.2, 0.25) is 0 Å². The minimum Gasteiger partial charge on any atom is -0.472 e. The summed E-state index contributed by atoms with van der Waals surface area (Å²) in [7, 11) is 0. The van der Waals surface area contributed by atoms with Crippen LogP contribution in [-0.2, 0) is 0 Å². The van der Waals surface area contributed by atoms with Crippen molar-refractivity contribution in [2.75, 3.05) is 31.1 Å². The lowest BCUT2D eigenvalue weighted by atomic mass is 10.1. The second kappa shape index (κ2) is 7.26. The molecule has 1 fully saturated rings. The summed E-state index contributed by atoms with van der Waals surface area (Å²) in [6.45, 7) is 4.41. The maximum atomic E-state index is 12.3. The summed E-state index contributed by atoms with van der Waals surface area (Å²) in [6.07, 6.45) is 3.44. The fraction of sp³-hybridized carbons (Fsp3) is 0.500. The number of thioether (sulfide) groups is 1. The maximum absolute atomic E-state index is 12.3. The molecule has 8 heteroatoms. The van der Waals surface area contributed by atoms with Crippen LogP contribution >= 0.6 is 23.3 Å². The maximum Gasteiger partial charge on any atom is 0.265 e. The number of rotatable bonds is 5. The Morgan fingerprint density at radius 2 is 2.32 bits per heavy atom. The third kappa shape index (κ3) is 3.50. The molecule has 0 aromatic carbocycles. The third-order valence-corrected chi connectivity index (χ3v) is 5.50. The Balaban J connectivity index is 1.68. The van der Waals surface area contributed by atoms with Crippen molar-refractivity contribution in [2.45, 2.75) is 13.0 Å². The fourth-order valence-electron chi connectivity index (χ4n) is 2.52. The van der Waals surface area contributed by atoms with Crippen molar-refractivity contribution in [1.29, 1.82) is 0 Å². The molecule has 1 atom stereocenters. The Hall–Kier alpha value is -1.38. The van der Waals surface area contributed by atoms with E-state index in [4.69, 9.17) is 4.42 Å². The predicted molar refractivity (Wildman–Crippen MR) is 87.3 cm³/mol. The van der Waals surface area contributed by atoms with Gasteiger partial charge in [0.05, 0.1) is 24.3 Å². The van der Waals surface area contributed by atoms with Crippen LogP contribution in [0.4, 0.5) is 0 Å². The molecule has 1 N–H and O–H groups in total. The van der Waals surface area contributed by atoms with Gasteiger partial charge in [0.1, 0.15) is 4.88 Å². The quantitative estimate of drug-likeness (QED) is 0.899. The molecular formula is C14H18N4O2S2. The molecule has 1 aliphatic rings. The molecule has 1 saturated heterocycles. The van der Waals surface area contributed by atoms with Crippen LogP contribution in [0.3, 0.4) is 0 Å². The van der Waals surface area contributed by atoms with E-state index in [2.05, 4.69) is 19.8 Å². The number of aryl methyl sites for hydroxylation is 1. The number of nitrogens with zero attached hydrogens (tertiary/aromatic N) is 3. The van der Waals surface area contributed by atoms with Gasteiger partial charge in [-0.1, -0.05) is 4.49 Å². The van der Waals surface area contributed by atoms with E-state index in [1.54, 1.807) is 19.5 Å². The number of hydrogen-bond donors (Lipinski definition) is 1. The highest BCUT2D eigenvalue weighted by molar-refractivity contribution is 7.99. The molecule has 1 amide bonds. The number of amides is 1. The molecule has 3 heterocycles. The largest absolute Gasteiger partial charge is 0.472 e. The molecule has 6 nitrogen and oxygen atoms in total. The molecule has 0 aliphatic carbocycles. The van der Waals surface area contributed by atoms with Crippen molar-refractivity contribution in [1.82, 2.24) is 19.8 Å². The van der Waals surface area contributed by atoms with Gasteiger partial charge in [-0.3, -0.25) is 9.69 Å². The third-order valence-electron chi connectivity index (χ3n) is 3.73. The number of carbonyl (C=O) groups is 1. The molecule has 0 saturated carbocycles. The lowest BCUT2D eigenvalue weighted by Gasteiger charge is -2.33. The van der Waals surface area contributed by atoms with E-state index in [9.17, 15) is 4.79 Å². The molecule has 118 valence electrons. The molecule has 2 aromatic rings. The second-order valence-corrected chi connectivity index (χ2v) is 7.10. The van der Waals surface area contributed by atoms with E-state index < -0.39 is 0 Å². The summed E-state index contributed by atoms with van der Waals surface area (Å²) in [5.74, 6) is 2.15. The van der Waals surface area contributed by atoms with E-state index >= 15 is 0 Å². The zero-order chi connectivity index (χ0) is 15.4. The molecule has 0 unspecified atom stereocenters. The van der Waals surface area contributed by atoms with Crippen LogP contribution in [0, 0.1) is 6.92 Å². The van der Waals surface area contributed by atoms with Crippen molar-refractivity contribution in [3.8, 4) is 0 Å². The first-order chi connectivity index (χ1) is 10.8. The van der Waals surface area contributed by atoms with Crippen LogP contribution in [0.15, 0.2) is 23.0 Å². The summed E-state index contributed by atoms with van der Waals surface area (Å²) < 4.78 is 9.03. The smallest absolute Gasteiger partial charge is 0.265 e. The lowest BCUT2D eigenvalue weighted by molar-refractivity contribution is 0.0938. The first kappa shape index (κ1) is 15.5. The Labute approximate surface area is 137 Å². The summed E-state index contributed by atoms with van der Waals surface area (Å²) in [4.78, 5) is 15.2. The van der Waals surface area contributed by atoms with Gasteiger partial charge in [-0.2, -0.15) is 11.8 Å². The van der Waals surface area contributed by atoms with Crippen LogP contribution in [0.5, 0.6) is 0 Å². The van der Waals surface area contributed by atoms with Crippen molar-refractivity contribution in [3.63, 3.8) is 0 Å². The number of hydrogen-bond acceptors (Lipinski definition) is 7. The summed E-state index contributed by atoms with van der Waals surface area (Å²) in [6, 6.07) is 2.11. The second-order valence-electron chi connectivity index (χ2n) is 5.12. The zero-order valence-electron chi connectivity index (χ0n) is 12.3. The van der Waals surface area contributed by atoms with E-state index in [0.29, 0.717) is 17.1 Å². The van der Waals surface area contributed by atoms with Gasteiger partial charge in [0, 0.05) is 36.7 Å². The topological polar surface area (TPSA) is 71.3 Å². The average molecular weight is 338 g/mol. The number of aromatic nitrogens is 2. The van der Waals surface area contributed by atoms with Gasteiger partial charge < -0.3 is 9.73 Å². The minimum atomic E-state index is -0.104. The van der Waals surface area contributed by atoms with Gasteiger partial charge >= 0.3 is 0 Å². The first-order valence-electron chi connectivity index (χ1n) is 7.16. The van der Waals surface area contributed by atoms with Crippen molar-refractivity contribution < 1.29 is 9.21 Å². The summed E-state index contributed by atoms with van der Waals surface area (Å²) in [5, 5.41) is 6.90. The van der Waals surface area contributed by atoms with Crippen LogP contribution in [0.1, 0.15) is 27.0 Å². The van der Waals surface area contributed by atoms with Crippen LogP contribution in [-0.4, -0.2) is 51.5 Å². The van der Waals surface area contributed by atoms with Gasteiger partial charge in [0.15, 0.2) is 0 Å². The number of nitrogens with one attached hydrogen (secondary N) is 1. The average Bonchev–Trinajstić information content (AvgIpc) is 3.20. The molecule has 0 radical (unpaired) electrons. The van der Waals surface area contributed by atoms with Gasteiger partial charge in [-0.25, -0.2) is 0 Å². The number of furan rings is 1. The normalized spacial score (nSPS) is 17.3. The van der Waals surface area contributed by atoms with E-state index in [1.165, 1.54) is 0 Å². The van der Waals surface area contributed by atoms with Gasteiger partial charge in [0.25, 0.3) is 5.91 Å². The highest BCUT2D eigenvalue weighted by atomic mass is 32.2. The highest BCUT2D eigenvalue weighted by Gasteiger charge is 2.24. The van der Waals surface area contributed by atoms with E-state index in [-0.39, 0.29) is 11.9 Å². The van der Waals surface area contributed by atoms with Crippen LogP contribution in [0.25, 0.3) is 0 Å². The molecule has 3 rings (SSSR count). The van der Waals surface area contributed by atoms with E-state index in [0.717, 1.165) is 41.7 Å². The van der Waals surface area contributed by atoms with Crippen molar-refractivity contribution >= 4 is 29.2 Å². The Bertz CT molecular complexity index is 608. The molecule has 22 heavy (non-hydrogen) atoms. The van der Waals surface area contributed by atoms with Gasteiger partial charge in [-0.15, -0.1) is 5.10 Å². The lowest BCUT2D eigenvalue weighted by Crippen LogP contribution is -2.41. The summed E-state index contributed by atoms with van der Waals surface area (Å²) >= 11 is 3.10. The van der Waals surface area contributed by atoms with Crippen LogP contribution < -0.4 is 5.32 Å². The van der Waals surface area contributed by atoms with Gasteiger partial charge in [-0.05, 0) is 24.5 Å². The minimum absolute atomic E-state index is 0.104. The number of carbonyl (C=O) groups excluding carboxylic acids is 1. The zero-order valence-corrected chi connectivity index (χ0v) is 14.0. The highest BCUT2D eigenvalue weighted by Crippen LogP contribution is 2.24. The standard InChI is InChI=1S/C14H18N4O2S2/c1-10-13(22-17-16-10)14(19)15-8-12(11-2-5-20-9-11)18-3-6-21-7-4-18/h2,5,9,12H,3-4,6-8H2,1H3,(H,15,19)/t12-/m0/s1. The summed E-state index contributed by atoms with van der Waals surface area (Å²) in [5.41, 5.74) is 1.78. The first-order valence-corrected chi connectivity index (χ1v) is 9.09. The molecule has 0 spiro atoms. The Kier molecular flexibility index (Phi) is 5.12. The molecule has 1 aliphatic heterocycles. The molecule has 2 aromatic heterocycles. The van der Waals surface area contributed by atoms with Crippen molar-refractivity contribution in [2.24, 2.45) is 0 Å². The fourth-order valence-corrected chi connectivity index (χ4v) is 4.03. The molecular weight excluding hydrogens is 320 g/mol. The monoisotopic (exact) mass is 338 g/mol. The SMILES string of the molecule is Cc1nnsc1C(=O)NC[C@@H](c1ccoc1)N1CCSCC1. The predicted octanol–water partition coefficient (Wildman–Crippen LogP) is 1.96. The van der Waals surface area contributed by atoms with Crippen molar-refractivity contribution in [3.05, 3.63) is 34.7 Å². The van der Waals surface area contributed by atoms with E-state index in [1.807, 2.05) is 17.8 Å². The van der Waals surface area contributed by atoms with Crippen LogP contribution in [0.2, 0.25) is 0 Å².